The monoisotopic (exact) mass is 138 g/mol. The van der Waals surface area contributed by atoms with E-state index >= 15 is 0 Å². The Kier molecular flexibility index (Phi) is 1.32. The maximum Gasteiger partial charge on any atom is 0.0895 e. The van der Waals surface area contributed by atoms with Gasteiger partial charge in [-0.25, -0.2) is 5.43 Å². The zero-order valence-corrected chi connectivity index (χ0v) is 5.59. The van der Waals surface area contributed by atoms with Crippen molar-refractivity contribution < 1.29 is 0 Å². The first-order valence-corrected chi connectivity index (χ1v) is 3.43. The van der Waals surface area contributed by atoms with Crippen molar-refractivity contribution in [3.8, 4) is 0 Å². The molecular formula is C6H10N4. The van der Waals surface area contributed by atoms with Gasteiger partial charge in [0.1, 0.15) is 0 Å². The molecule has 0 aliphatic carbocycles. The molecule has 3 N–H and O–H groups in total. The van der Waals surface area contributed by atoms with Crippen molar-refractivity contribution in [3.63, 3.8) is 0 Å². The van der Waals surface area contributed by atoms with Crippen molar-refractivity contribution in [2.75, 3.05) is 6.54 Å². The molecule has 0 spiro atoms. The van der Waals surface area contributed by atoms with Crippen molar-refractivity contribution >= 4 is 6.21 Å². The summed E-state index contributed by atoms with van der Waals surface area (Å²) < 4.78 is 0. The van der Waals surface area contributed by atoms with E-state index in [4.69, 9.17) is 0 Å². The number of hydrogen-bond donors (Lipinski definition) is 3. The van der Waals surface area contributed by atoms with Gasteiger partial charge in [-0.1, -0.05) is 0 Å². The molecular weight excluding hydrogens is 128 g/mol. The molecule has 1 unspecified atom stereocenters. The van der Waals surface area contributed by atoms with E-state index in [1.165, 1.54) is 5.70 Å². The summed E-state index contributed by atoms with van der Waals surface area (Å²) in [4.78, 5) is 0. The molecule has 0 saturated carbocycles. The van der Waals surface area contributed by atoms with Gasteiger partial charge in [0.15, 0.2) is 0 Å². The smallest absolute Gasteiger partial charge is 0.0895 e. The molecule has 10 heavy (non-hydrogen) atoms. The summed E-state index contributed by atoms with van der Waals surface area (Å²) in [5, 5.41) is 3.93. The van der Waals surface area contributed by atoms with E-state index in [0.29, 0.717) is 6.04 Å². The topological polar surface area (TPSA) is 48.5 Å². The molecule has 0 bridgehead atoms. The molecule has 0 aromatic heterocycles. The van der Waals surface area contributed by atoms with E-state index in [2.05, 4.69) is 27.5 Å². The maximum atomic E-state index is 3.93. The molecule has 0 fully saturated rings. The average Bonchev–Trinajstić information content (AvgIpc) is 2.59. The highest BCUT2D eigenvalue weighted by atomic mass is 15.4. The number of nitrogens with one attached hydrogen (secondary N) is 3. The predicted molar refractivity (Wildman–Crippen MR) is 39.3 cm³/mol. The van der Waals surface area contributed by atoms with Crippen molar-refractivity contribution in [1.82, 2.24) is 16.3 Å². The second kappa shape index (κ2) is 2.30. The third-order valence-corrected chi connectivity index (χ3v) is 1.69. The Bertz CT molecular complexity index is 176. The lowest BCUT2D eigenvalue weighted by Gasteiger charge is -2.10. The van der Waals surface area contributed by atoms with Gasteiger partial charge < -0.3 is 10.9 Å². The number of rotatable bonds is 1. The van der Waals surface area contributed by atoms with Gasteiger partial charge in [0.05, 0.1) is 6.04 Å². The molecule has 0 radical (unpaired) electrons. The van der Waals surface area contributed by atoms with Gasteiger partial charge in [0, 0.05) is 24.9 Å². The van der Waals surface area contributed by atoms with E-state index < -0.39 is 0 Å². The van der Waals surface area contributed by atoms with Crippen LogP contribution in [0, 0.1) is 0 Å². The predicted octanol–water partition coefficient (Wildman–Crippen LogP) is -0.674. The van der Waals surface area contributed by atoms with E-state index in [1.54, 1.807) is 0 Å². The van der Waals surface area contributed by atoms with Crippen LogP contribution in [-0.4, -0.2) is 18.8 Å². The summed E-state index contributed by atoms with van der Waals surface area (Å²) in [6.45, 7) is 0.910. The summed E-state index contributed by atoms with van der Waals surface area (Å²) in [6, 6.07) is 0.370. The van der Waals surface area contributed by atoms with Gasteiger partial charge in [-0.15, -0.1) is 0 Å². The quantitative estimate of drug-likeness (QED) is 0.450. The van der Waals surface area contributed by atoms with Gasteiger partial charge in [0.25, 0.3) is 0 Å². The van der Waals surface area contributed by atoms with Crippen LogP contribution in [0.5, 0.6) is 0 Å². The van der Waals surface area contributed by atoms with Gasteiger partial charge in [0.2, 0.25) is 0 Å². The van der Waals surface area contributed by atoms with E-state index in [-0.39, 0.29) is 0 Å². The molecule has 2 aliphatic rings. The molecule has 4 heteroatoms. The molecule has 0 amide bonds. The number of hydrazone groups is 1. The van der Waals surface area contributed by atoms with Crippen LogP contribution in [0.15, 0.2) is 16.9 Å². The van der Waals surface area contributed by atoms with Crippen molar-refractivity contribution in [2.24, 2.45) is 5.10 Å². The zero-order valence-electron chi connectivity index (χ0n) is 5.59. The number of nitrogens with zero attached hydrogens (tertiary/aromatic N) is 1. The van der Waals surface area contributed by atoms with Crippen LogP contribution in [-0.2, 0) is 0 Å². The third kappa shape index (κ3) is 0.863. The molecule has 54 valence electrons. The molecule has 0 saturated heterocycles. The Labute approximate surface area is 59.3 Å². The lowest BCUT2D eigenvalue weighted by molar-refractivity contribution is 0.584. The van der Waals surface area contributed by atoms with Crippen LogP contribution in [0.25, 0.3) is 0 Å². The van der Waals surface area contributed by atoms with Crippen LogP contribution in [0.4, 0.5) is 0 Å². The molecule has 1 atom stereocenters. The lowest BCUT2D eigenvalue weighted by Crippen LogP contribution is -2.33. The fourth-order valence-electron chi connectivity index (χ4n) is 1.14. The second-order valence-corrected chi connectivity index (χ2v) is 2.39. The molecule has 4 nitrogen and oxygen atoms in total. The third-order valence-electron chi connectivity index (χ3n) is 1.69. The van der Waals surface area contributed by atoms with Crippen LogP contribution in [0.3, 0.4) is 0 Å². The van der Waals surface area contributed by atoms with Gasteiger partial charge in [-0.05, 0) is 6.08 Å². The first kappa shape index (κ1) is 5.73. The standard InChI is InChI=1S/C6H10N4/c1-3-7-9-5(1)6-2-4-8-10-6/h1,4,6-7,9-10H,2-3H2. The summed E-state index contributed by atoms with van der Waals surface area (Å²) in [5.41, 5.74) is 10.3. The van der Waals surface area contributed by atoms with E-state index in [1.807, 2.05) is 6.21 Å². The molecule has 2 rings (SSSR count). The highest BCUT2D eigenvalue weighted by molar-refractivity contribution is 5.61. The molecule has 2 heterocycles. The minimum absolute atomic E-state index is 0.370. The first-order chi connectivity index (χ1) is 4.97. The van der Waals surface area contributed by atoms with Crippen molar-refractivity contribution in [2.45, 2.75) is 12.5 Å². The van der Waals surface area contributed by atoms with Crippen LogP contribution < -0.4 is 16.3 Å². The van der Waals surface area contributed by atoms with E-state index in [9.17, 15) is 0 Å². The Balaban J connectivity index is 1.99. The van der Waals surface area contributed by atoms with Crippen molar-refractivity contribution in [3.05, 3.63) is 11.8 Å². The largest absolute Gasteiger partial charge is 0.323 e. The Morgan fingerprint density at radius 3 is 3.20 bits per heavy atom. The Morgan fingerprint density at radius 2 is 2.60 bits per heavy atom. The lowest BCUT2D eigenvalue weighted by atomic mass is 10.2. The highest BCUT2D eigenvalue weighted by Gasteiger charge is 2.17. The molecule has 0 aromatic rings. The normalized spacial score (nSPS) is 29.6. The minimum atomic E-state index is 0.370. The molecule has 2 aliphatic heterocycles. The average molecular weight is 138 g/mol. The Morgan fingerprint density at radius 1 is 1.60 bits per heavy atom. The first-order valence-electron chi connectivity index (χ1n) is 3.43. The minimum Gasteiger partial charge on any atom is -0.323 e. The fraction of sp³-hybridized carbons (Fsp3) is 0.500. The summed E-state index contributed by atoms with van der Waals surface area (Å²) >= 11 is 0. The van der Waals surface area contributed by atoms with Crippen molar-refractivity contribution in [1.29, 1.82) is 0 Å². The summed E-state index contributed by atoms with van der Waals surface area (Å²) in [5.74, 6) is 0. The zero-order chi connectivity index (χ0) is 6.81. The van der Waals surface area contributed by atoms with Crippen LogP contribution in [0.1, 0.15) is 6.42 Å². The van der Waals surface area contributed by atoms with Gasteiger partial charge in [-0.2, -0.15) is 5.10 Å². The second-order valence-electron chi connectivity index (χ2n) is 2.39. The van der Waals surface area contributed by atoms with Gasteiger partial charge >= 0.3 is 0 Å². The number of hydrogen-bond acceptors (Lipinski definition) is 4. The molecule has 0 aromatic carbocycles. The summed E-state index contributed by atoms with van der Waals surface area (Å²) in [7, 11) is 0. The fourth-order valence-corrected chi connectivity index (χ4v) is 1.14. The van der Waals surface area contributed by atoms with Gasteiger partial charge in [-0.3, -0.25) is 0 Å². The maximum absolute atomic E-state index is 3.93. The SMILES string of the molecule is C1=NNC(C2=CCNN2)C1. The summed E-state index contributed by atoms with van der Waals surface area (Å²) in [6.07, 6.45) is 5.01. The number of hydrazine groups is 1. The van der Waals surface area contributed by atoms with Crippen LogP contribution >= 0.6 is 0 Å². The van der Waals surface area contributed by atoms with E-state index in [0.717, 1.165) is 13.0 Å². The Hall–Kier alpha value is -1.03. The highest BCUT2D eigenvalue weighted by Crippen LogP contribution is 2.07. The van der Waals surface area contributed by atoms with Crippen LogP contribution in [0.2, 0.25) is 0 Å².